The highest BCUT2D eigenvalue weighted by Gasteiger charge is 2.18. The molecule has 1 fully saturated rings. The van der Waals surface area contributed by atoms with Crippen LogP contribution in [0, 0.1) is 5.82 Å². The second kappa shape index (κ2) is 12.5. The van der Waals surface area contributed by atoms with Crippen LogP contribution in [-0.4, -0.2) is 66.1 Å². The van der Waals surface area contributed by atoms with Gasteiger partial charge in [0.2, 0.25) is 5.95 Å². The summed E-state index contributed by atoms with van der Waals surface area (Å²) in [5.41, 5.74) is 14.2. The molecule has 0 amide bonds. The monoisotopic (exact) mass is 473 g/mol. The van der Waals surface area contributed by atoms with Gasteiger partial charge >= 0.3 is 0 Å². The van der Waals surface area contributed by atoms with E-state index in [0.29, 0.717) is 48.1 Å². The molecule has 2 heterocycles. The minimum atomic E-state index is -0.352. The number of methoxy groups -OCH3 is 1. The van der Waals surface area contributed by atoms with Crippen molar-refractivity contribution in [3.8, 4) is 5.75 Å². The highest BCUT2D eigenvalue weighted by Crippen LogP contribution is 2.27. The van der Waals surface area contributed by atoms with Crippen LogP contribution >= 0.6 is 0 Å². The van der Waals surface area contributed by atoms with Crippen LogP contribution in [0.4, 0.5) is 21.8 Å². The molecule has 0 spiro atoms. The molecule has 9 nitrogen and oxygen atoms in total. The Balaban J connectivity index is 1.79. The SMILES string of the molecule is CCCCN(CCO)c1nc(N)nc(C=NCc2c(F)cc(CN3CCCC3)cc2OC)c1N. The van der Waals surface area contributed by atoms with Gasteiger partial charge in [-0.2, -0.15) is 4.98 Å². The summed E-state index contributed by atoms with van der Waals surface area (Å²) in [6.07, 6.45) is 5.74. The van der Waals surface area contributed by atoms with Crippen LogP contribution in [0.25, 0.3) is 0 Å². The van der Waals surface area contributed by atoms with Gasteiger partial charge in [-0.05, 0) is 50.0 Å². The Morgan fingerprint density at radius 3 is 2.68 bits per heavy atom. The molecule has 0 saturated carbocycles. The fourth-order valence-electron chi connectivity index (χ4n) is 4.14. The Morgan fingerprint density at radius 1 is 1.24 bits per heavy atom. The highest BCUT2D eigenvalue weighted by atomic mass is 19.1. The molecule has 1 aliphatic rings. The van der Waals surface area contributed by atoms with Crippen LogP contribution in [0.3, 0.4) is 0 Å². The second-order valence-corrected chi connectivity index (χ2v) is 8.48. The molecule has 186 valence electrons. The Morgan fingerprint density at radius 2 is 2.00 bits per heavy atom. The van der Waals surface area contributed by atoms with Gasteiger partial charge in [-0.3, -0.25) is 9.89 Å². The van der Waals surface area contributed by atoms with Gasteiger partial charge in [0, 0.05) is 25.8 Å². The van der Waals surface area contributed by atoms with Crippen LogP contribution < -0.4 is 21.1 Å². The van der Waals surface area contributed by atoms with Gasteiger partial charge < -0.3 is 26.2 Å². The largest absolute Gasteiger partial charge is 0.496 e. The van der Waals surface area contributed by atoms with Crippen molar-refractivity contribution in [1.82, 2.24) is 14.9 Å². The molecule has 34 heavy (non-hydrogen) atoms. The Labute approximate surface area is 200 Å². The van der Waals surface area contributed by atoms with E-state index >= 15 is 0 Å². The molecule has 0 bridgehead atoms. The number of aromatic nitrogens is 2. The molecule has 5 N–H and O–H groups in total. The van der Waals surface area contributed by atoms with Crippen molar-refractivity contribution >= 4 is 23.7 Å². The first-order valence-electron chi connectivity index (χ1n) is 11.8. The van der Waals surface area contributed by atoms with Gasteiger partial charge in [-0.25, -0.2) is 9.37 Å². The molecular weight excluding hydrogens is 437 g/mol. The van der Waals surface area contributed by atoms with Crippen molar-refractivity contribution in [3.05, 3.63) is 34.8 Å². The lowest BCUT2D eigenvalue weighted by molar-refractivity contribution is 0.301. The van der Waals surface area contributed by atoms with Gasteiger partial charge in [-0.15, -0.1) is 0 Å². The van der Waals surface area contributed by atoms with E-state index in [2.05, 4.69) is 26.8 Å². The van der Waals surface area contributed by atoms with E-state index in [1.54, 1.807) is 6.07 Å². The third-order valence-corrected chi connectivity index (χ3v) is 5.93. The summed E-state index contributed by atoms with van der Waals surface area (Å²) in [4.78, 5) is 17.0. The van der Waals surface area contributed by atoms with Crippen LogP contribution in [0.2, 0.25) is 0 Å². The molecule has 1 aromatic carbocycles. The van der Waals surface area contributed by atoms with Crippen LogP contribution in [-0.2, 0) is 13.1 Å². The smallest absolute Gasteiger partial charge is 0.222 e. The summed E-state index contributed by atoms with van der Waals surface area (Å²) >= 11 is 0. The van der Waals surface area contributed by atoms with Crippen molar-refractivity contribution in [1.29, 1.82) is 0 Å². The van der Waals surface area contributed by atoms with E-state index < -0.39 is 0 Å². The number of anilines is 3. The van der Waals surface area contributed by atoms with E-state index in [9.17, 15) is 9.50 Å². The molecule has 0 radical (unpaired) electrons. The number of ether oxygens (including phenoxy) is 1. The topological polar surface area (TPSA) is 126 Å². The Bertz CT molecular complexity index is 980. The summed E-state index contributed by atoms with van der Waals surface area (Å²) in [7, 11) is 1.53. The maximum Gasteiger partial charge on any atom is 0.222 e. The molecule has 1 saturated heterocycles. The van der Waals surface area contributed by atoms with E-state index in [1.807, 2.05) is 11.0 Å². The van der Waals surface area contributed by atoms with Crippen molar-refractivity contribution in [2.45, 2.75) is 45.7 Å². The summed E-state index contributed by atoms with van der Waals surface area (Å²) in [6, 6.07) is 3.43. The fourth-order valence-corrected chi connectivity index (χ4v) is 4.14. The lowest BCUT2D eigenvalue weighted by Gasteiger charge is -2.24. The normalized spacial score (nSPS) is 14.2. The van der Waals surface area contributed by atoms with Gasteiger partial charge in [-0.1, -0.05) is 13.3 Å². The van der Waals surface area contributed by atoms with Crippen molar-refractivity contribution in [2.24, 2.45) is 4.99 Å². The average Bonchev–Trinajstić information content (AvgIpc) is 3.32. The summed E-state index contributed by atoms with van der Waals surface area (Å²) < 4.78 is 20.4. The maximum atomic E-state index is 14.9. The summed E-state index contributed by atoms with van der Waals surface area (Å²) in [5.74, 6) is 0.637. The third kappa shape index (κ3) is 6.54. The average molecular weight is 474 g/mol. The van der Waals surface area contributed by atoms with Crippen molar-refractivity contribution in [3.63, 3.8) is 0 Å². The number of unbranched alkanes of at least 4 members (excludes halogenated alkanes) is 1. The molecule has 0 unspecified atom stereocenters. The molecule has 1 aliphatic heterocycles. The number of aliphatic imine (C=N–C) groups is 1. The third-order valence-electron chi connectivity index (χ3n) is 5.93. The Kier molecular flexibility index (Phi) is 9.41. The summed E-state index contributed by atoms with van der Waals surface area (Å²) in [6.45, 7) is 5.95. The van der Waals surface area contributed by atoms with E-state index in [0.717, 1.165) is 31.5 Å². The number of aliphatic hydroxyl groups excluding tert-OH is 1. The van der Waals surface area contributed by atoms with E-state index in [-0.39, 0.29) is 24.9 Å². The predicted molar refractivity (Wildman–Crippen MR) is 134 cm³/mol. The lowest BCUT2D eigenvalue weighted by atomic mass is 10.1. The predicted octanol–water partition coefficient (Wildman–Crippen LogP) is 2.60. The molecule has 1 aromatic heterocycles. The minimum Gasteiger partial charge on any atom is -0.496 e. The number of nitrogens with two attached hydrogens (primary N) is 2. The summed E-state index contributed by atoms with van der Waals surface area (Å²) in [5, 5.41) is 9.44. The number of hydrogen-bond donors (Lipinski definition) is 3. The molecular formula is C24H36FN7O2. The standard InChI is InChI=1S/C24H36FN7O2/c1-3-4-9-32(10-11-33)23-22(26)20(29-24(27)30-23)15-28-14-18-19(25)12-17(13-21(18)34-2)16-31-7-5-6-8-31/h12-13,15,33H,3-11,14,16,26H2,1-2H3,(H2,27,29,30). The molecule has 10 heteroatoms. The zero-order valence-corrected chi connectivity index (χ0v) is 20.1. The molecule has 2 aromatic rings. The number of halogens is 1. The van der Waals surface area contributed by atoms with E-state index in [4.69, 9.17) is 16.2 Å². The van der Waals surface area contributed by atoms with Gasteiger partial charge in [0.15, 0.2) is 5.82 Å². The first-order valence-corrected chi connectivity index (χ1v) is 11.8. The Hall–Kier alpha value is -2.98. The number of nitrogen functional groups attached to an aromatic ring is 2. The van der Waals surface area contributed by atoms with Gasteiger partial charge in [0.05, 0.1) is 25.8 Å². The molecule has 0 atom stereocenters. The first kappa shape index (κ1) is 25.6. The number of nitrogens with zero attached hydrogens (tertiary/aromatic N) is 5. The van der Waals surface area contributed by atoms with E-state index in [1.165, 1.54) is 26.2 Å². The maximum absolute atomic E-state index is 14.9. The van der Waals surface area contributed by atoms with Crippen molar-refractivity contribution in [2.75, 3.05) is 56.3 Å². The van der Waals surface area contributed by atoms with Crippen LogP contribution in [0.5, 0.6) is 5.75 Å². The quantitative estimate of drug-likeness (QED) is 0.402. The van der Waals surface area contributed by atoms with Crippen LogP contribution in [0.1, 0.15) is 49.4 Å². The van der Waals surface area contributed by atoms with Crippen LogP contribution in [0.15, 0.2) is 17.1 Å². The molecule has 0 aliphatic carbocycles. The van der Waals surface area contributed by atoms with Gasteiger partial charge in [0.1, 0.15) is 22.9 Å². The number of hydrogen-bond acceptors (Lipinski definition) is 9. The van der Waals surface area contributed by atoms with Crippen molar-refractivity contribution < 1.29 is 14.2 Å². The first-order chi connectivity index (χ1) is 16.5. The number of benzene rings is 1. The fraction of sp³-hybridized carbons (Fsp3) is 0.542. The van der Waals surface area contributed by atoms with Gasteiger partial charge in [0.25, 0.3) is 0 Å². The number of likely N-dealkylation sites (tertiary alicyclic amines) is 1. The second-order valence-electron chi connectivity index (χ2n) is 8.48. The zero-order valence-electron chi connectivity index (χ0n) is 20.1. The minimum absolute atomic E-state index is 0.0384. The number of aliphatic hydroxyl groups is 1. The zero-order chi connectivity index (χ0) is 24.5. The highest BCUT2D eigenvalue weighted by molar-refractivity contribution is 5.89. The molecule has 3 rings (SSSR count). The number of rotatable bonds is 12. The lowest BCUT2D eigenvalue weighted by Crippen LogP contribution is -2.30.